The van der Waals surface area contributed by atoms with E-state index >= 15 is 0 Å². The van der Waals surface area contributed by atoms with Gasteiger partial charge < -0.3 is 9.84 Å². The molecule has 0 aromatic carbocycles. The highest BCUT2D eigenvalue weighted by atomic mass is 16.6. The Labute approximate surface area is 49.1 Å². The van der Waals surface area contributed by atoms with E-state index in [4.69, 9.17) is 5.11 Å². The van der Waals surface area contributed by atoms with Crippen LogP contribution in [-0.4, -0.2) is 11.9 Å². The SMILES string of the molecule is C=C(C)C(=C)OCO. The van der Waals surface area contributed by atoms with Crippen LogP contribution in [0.25, 0.3) is 0 Å². The normalized spacial score (nSPS) is 8.25. The highest BCUT2D eigenvalue weighted by Crippen LogP contribution is 2.02. The van der Waals surface area contributed by atoms with E-state index in [0.717, 1.165) is 5.57 Å². The lowest BCUT2D eigenvalue weighted by molar-refractivity contribution is 0.0468. The van der Waals surface area contributed by atoms with E-state index in [-0.39, 0.29) is 6.79 Å². The minimum Gasteiger partial charge on any atom is -0.468 e. The Morgan fingerprint density at radius 3 is 2.25 bits per heavy atom. The van der Waals surface area contributed by atoms with Crippen molar-refractivity contribution in [2.75, 3.05) is 6.79 Å². The largest absolute Gasteiger partial charge is 0.468 e. The fourth-order valence-electron chi connectivity index (χ4n) is 0.201. The summed E-state index contributed by atoms with van der Waals surface area (Å²) in [4.78, 5) is 0. The van der Waals surface area contributed by atoms with Crippen LogP contribution in [0.3, 0.4) is 0 Å². The van der Waals surface area contributed by atoms with Crippen molar-refractivity contribution in [1.29, 1.82) is 0 Å². The zero-order valence-electron chi connectivity index (χ0n) is 4.98. The highest BCUT2D eigenvalue weighted by molar-refractivity contribution is 5.15. The predicted molar refractivity (Wildman–Crippen MR) is 32.1 cm³/mol. The van der Waals surface area contributed by atoms with Crippen LogP contribution >= 0.6 is 0 Å². The standard InChI is InChI=1S/C6H10O2/c1-5(2)6(3)8-4-7/h7H,1,3-4H2,2H3. The van der Waals surface area contributed by atoms with Crippen molar-refractivity contribution in [2.24, 2.45) is 0 Å². The van der Waals surface area contributed by atoms with Crippen LogP contribution in [0.5, 0.6) is 0 Å². The predicted octanol–water partition coefficient (Wildman–Crippen LogP) is 1.04. The Bertz CT molecular complexity index is 105. The van der Waals surface area contributed by atoms with Crippen molar-refractivity contribution >= 4 is 0 Å². The maximum absolute atomic E-state index is 8.16. The van der Waals surface area contributed by atoms with E-state index in [1.165, 1.54) is 0 Å². The van der Waals surface area contributed by atoms with Gasteiger partial charge in [0.15, 0.2) is 6.79 Å². The Balaban J connectivity index is 3.49. The van der Waals surface area contributed by atoms with Gasteiger partial charge in [0.05, 0.1) is 0 Å². The molecule has 0 aliphatic carbocycles. The third kappa shape index (κ3) is 2.42. The molecule has 0 atom stereocenters. The average Bonchev–Trinajstić information content (AvgIpc) is 1.67. The first-order valence-electron chi connectivity index (χ1n) is 2.27. The van der Waals surface area contributed by atoms with Gasteiger partial charge in [0.2, 0.25) is 0 Å². The van der Waals surface area contributed by atoms with Crippen LogP contribution in [0.15, 0.2) is 24.5 Å². The number of aliphatic hydroxyl groups excluding tert-OH is 1. The lowest BCUT2D eigenvalue weighted by atomic mass is 10.3. The van der Waals surface area contributed by atoms with Gasteiger partial charge in [-0.15, -0.1) is 0 Å². The molecular formula is C6H10O2. The molecule has 0 bridgehead atoms. The average molecular weight is 114 g/mol. The topological polar surface area (TPSA) is 29.5 Å². The van der Waals surface area contributed by atoms with E-state index in [9.17, 15) is 0 Å². The molecule has 0 spiro atoms. The fraction of sp³-hybridized carbons (Fsp3) is 0.333. The van der Waals surface area contributed by atoms with Crippen molar-refractivity contribution in [3.05, 3.63) is 24.5 Å². The van der Waals surface area contributed by atoms with Crippen LogP contribution in [0.4, 0.5) is 0 Å². The summed E-state index contributed by atoms with van der Waals surface area (Å²) >= 11 is 0. The van der Waals surface area contributed by atoms with Crippen molar-refractivity contribution in [3.63, 3.8) is 0 Å². The first-order valence-corrected chi connectivity index (χ1v) is 2.27. The maximum Gasteiger partial charge on any atom is 0.186 e. The second kappa shape index (κ2) is 3.27. The molecule has 0 heterocycles. The summed E-state index contributed by atoms with van der Waals surface area (Å²) < 4.78 is 4.56. The van der Waals surface area contributed by atoms with Gasteiger partial charge in [-0.3, -0.25) is 0 Å². The molecule has 46 valence electrons. The molecule has 0 aromatic rings. The minimum atomic E-state index is -0.328. The molecule has 0 aromatic heterocycles. The number of aliphatic hydroxyl groups is 1. The smallest absolute Gasteiger partial charge is 0.186 e. The van der Waals surface area contributed by atoms with Crippen molar-refractivity contribution in [2.45, 2.75) is 6.92 Å². The maximum atomic E-state index is 8.16. The summed E-state index contributed by atoms with van der Waals surface area (Å²) in [6.07, 6.45) is 0. The molecular weight excluding hydrogens is 104 g/mol. The Hall–Kier alpha value is -0.760. The van der Waals surface area contributed by atoms with Gasteiger partial charge in [-0.2, -0.15) is 0 Å². The lowest BCUT2D eigenvalue weighted by Gasteiger charge is -2.02. The second-order valence-corrected chi connectivity index (χ2v) is 1.48. The van der Waals surface area contributed by atoms with Gasteiger partial charge in [-0.1, -0.05) is 13.2 Å². The molecule has 0 saturated carbocycles. The molecule has 0 radical (unpaired) electrons. The van der Waals surface area contributed by atoms with Crippen LogP contribution in [-0.2, 0) is 4.74 Å². The quantitative estimate of drug-likeness (QED) is 0.337. The minimum absolute atomic E-state index is 0.328. The summed E-state index contributed by atoms with van der Waals surface area (Å²) in [5.41, 5.74) is 0.735. The summed E-state index contributed by atoms with van der Waals surface area (Å²) in [5.74, 6) is 0.438. The molecule has 2 heteroatoms. The Morgan fingerprint density at radius 2 is 2.12 bits per heavy atom. The molecule has 0 saturated heterocycles. The Morgan fingerprint density at radius 1 is 1.62 bits per heavy atom. The van der Waals surface area contributed by atoms with Crippen LogP contribution < -0.4 is 0 Å². The molecule has 0 rings (SSSR count). The number of hydrogen-bond donors (Lipinski definition) is 1. The van der Waals surface area contributed by atoms with Gasteiger partial charge in [-0.25, -0.2) is 0 Å². The van der Waals surface area contributed by atoms with Gasteiger partial charge >= 0.3 is 0 Å². The second-order valence-electron chi connectivity index (χ2n) is 1.48. The van der Waals surface area contributed by atoms with E-state index in [1.807, 2.05) is 0 Å². The van der Waals surface area contributed by atoms with Crippen LogP contribution in [0.2, 0.25) is 0 Å². The molecule has 0 amide bonds. The first-order chi connectivity index (χ1) is 3.68. The molecule has 8 heavy (non-hydrogen) atoms. The molecule has 0 aliphatic rings. The summed E-state index contributed by atoms with van der Waals surface area (Å²) in [6.45, 7) is 8.43. The van der Waals surface area contributed by atoms with E-state index in [0.29, 0.717) is 5.76 Å². The molecule has 1 N–H and O–H groups in total. The number of allylic oxidation sites excluding steroid dienone is 1. The van der Waals surface area contributed by atoms with Crippen molar-refractivity contribution in [1.82, 2.24) is 0 Å². The van der Waals surface area contributed by atoms with E-state index in [1.54, 1.807) is 6.92 Å². The number of ether oxygens (including phenoxy) is 1. The zero-order valence-corrected chi connectivity index (χ0v) is 4.98. The molecule has 0 unspecified atom stereocenters. The van der Waals surface area contributed by atoms with Gasteiger partial charge in [0, 0.05) is 0 Å². The number of rotatable bonds is 3. The summed E-state index contributed by atoms with van der Waals surface area (Å²) in [5, 5.41) is 8.16. The van der Waals surface area contributed by atoms with Crippen molar-refractivity contribution in [3.8, 4) is 0 Å². The fourth-order valence-corrected chi connectivity index (χ4v) is 0.201. The summed E-state index contributed by atoms with van der Waals surface area (Å²) in [6, 6.07) is 0. The number of hydrogen-bond acceptors (Lipinski definition) is 2. The highest BCUT2D eigenvalue weighted by Gasteiger charge is 1.89. The van der Waals surface area contributed by atoms with Gasteiger partial charge in [0.25, 0.3) is 0 Å². The third-order valence-corrected chi connectivity index (χ3v) is 0.715. The van der Waals surface area contributed by atoms with E-state index in [2.05, 4.69) is 17.9 Å². The monoisotopic (exact) mass is 114 g/mol. The zero-order chi connectivity index (χ0) is 6.57. The van der Waals surface area contributed by atoms with Crippen LogP contribution in [0, 0.1) is 0 Å². The van der Waals surface area contributed by atoms with Crippen LogP contribution in [0.1, 0.15) is 6.92 Å². The van der Waals surface area contributed by atoms with Crippen molar-refractivity contribution < 1.29 is 9.84 Å². The molecule has 2 nitrogen and oxygen atoms in total. The summed E-state index contributed by atoms with van der Waals surface area (Å²) in [7, 11) is 0. The third-order valence-electron chi connectivity index (χ3n) is 0.715. The Kier molecular flexibility index (Phi) is 2.96. The van der Waals surface area contributed by atoms with E-state index < -0.39 is 0 Å². The molecule has 0 fully saturated rings. The lowest BCUT2D eigenvalue weighted by Crippen LogP contribution is -1.91. The van der Waals surface area contributed by atoms with Gasteiger partial charge in [0.1, 0.15) is 5.76 Å². The molecule has 0 aliphatic heterocycles. The van der Waals surface area contributed by atoms with Gasteiger partial charge in [-0.05, 0) is 12.5 Å². The first kappa shape index (κ1) is 7.24.